The van der Waals surface area contributed by atoms with Crippen LogP contribution in [-0.2, 0) is 10.2 Å². The third kappa shape index (κ3) is 1.26. The maximum absolute atomic E-state index is 11.0. The van der Waals surface area contributed by atoms with Crippen molar-refractivity contribution in [2.24, 2.45) is 5.41 Å². The first-order valence-corrected chi connectivity index (χ1v) is 5.97. The Balaban J connectivity index is 1.87. The molecule has 3 aliphatic rings. The fraction of sp³-hybridized carbons (Fsp3) is 0.462. The monoisotopic (exact) mass is 252 g/mol. The Kier molecular flexibility index (Phi) is 2.03. The number of hydrogen-bond acceptors (Lipinski definition) is 2. The van der Waals surface area contributed by atoms with Crippen LogP contribution in [0.2, 0.25) is 5.02 Å². The molecule has 3 aliphatic carbocycles. The summed E-state index contributed by atoms with van der Waals surface area (Å²) < 4.78 is 5.11. The number of ether oxygens (including phenoxy) is 1. The Morgan fingerprint density at radius 1 is 1.41 bits per heavy atom. The SMILES string of the molecule is COc1ccc(C23CC(C(=O)O)(C2)C3)c(Cl)c1. The Morgan fingerprint density at radius 2 is 2.06 bits per heavy atom. The minimum Gasteiger partial charge on any atom is -0.497 e. The van der Waals surface area contributed by atoms with Crippen molar-refractivity contribution in [2.75, 3.05) is 7.11 Å². The second-order valence-electron chi connectivity index (χ2n) is 5.24. The van der Waals surface area contributed by atoms with E-state index in [1.54, 1.807) is 13.2 Å². The average Bonchev–Trinajstić information content (AvgIpc) is 2.15. The van der Waals surface area contributed by atoms with E-state index in [9.17, 15) is 4.79 Å². The van der Waals surface area contributed by atoms with E-state index >= 15 is 0 Å². The fourth-order valence-electron chi connectivity index (χ4n) is 3.35. The summed E-state index contributed by atoms with van der Waals surface area (Å²) in [5.74, 6) is 0.0716. The number of benzene rings is 1. The van der Waals surface area contributed by atoms with Gasteiger partial charge >= 0.3 is 5.97 Å². The zero-order chi connectivity index (χ0) is 12.3. The minimum atomic E-state index is -0.663. The molecule has 2 bridgehead atoms. The molecule has 0 heterocycles. The van der Waals surface area contributed by atoms with Crippen molar-refractivity contribution < 1.29 is 14.6 Å². The van der Waals surface area contributed by atoms with Gasteiger partial charge in [-0.25, -0.2) is 0 Å². The van der Waals surface area contributed by atoms with E-state index in [0.717, 1.165) is 30.6 Å². The molecule has 3 fully saturated rings. The minimum absolute atomic E-state index is 0.0156. The van der Waals surface area contributed by atoms with E-state index in [4.69, 9.17) is 21.4 Å². The molecule has 0 saturated heterocycles. The van der Waals surface area contributed by atoms with E-state index in [1.807, 2.05) is 12.1 Å². The molecule has 1 N–H and O–H groups in total. The maximum Gasteiger partial charge on any atom is 0.309 e. The predicted octanol–water partition coefficient (Wildman–Crippen LogP) is 2.85. The van der Waals surface area contributed by atoms with Gasteiger partial charge in [0.1, 0.15) is 5.75 Å². The van der Waals surface area contributed by atoms with Gasteiger partial charge in [0.15, 0.2) is 0 Å². The predicted molar refractivity (Wildman–Crippen MR) is 63.6 cm³/mol. The third-order valence-electron chi connectivity index (χ3n) is 4.23. The van der Waals surface area contributed by atoms with Gasteiger partial charge in [-0.15, -0.1) is 0 Å². The molecule has 0 radical (unpaired) electrons. The van der Waals surface area contributed by atoms with Crippen molar-refractivity contribution in [1.29, 1.82) is 0 Å². The molecular weight excluding hydrogens is 240 g/mol. The van der Waals surface area contributed by atoms with Gasteiger partial charge in [0.05, 0.1) is 12.5 Å². The highest BCUT2D eigenvalue weighted by molar-refractivity contribution is 6.31. The quantitative estimate of drug-likeness (QED) is 0.900. The molecule has 90 valence electrons. The van der Waals surface area contributed by atoms with Gasteiger partial charge in [0.25, 0.3) is 0 Å². The van der Waals surface area contributed by atoms with Crippen molar-refractivity contribution in [1.82, 2.24) is 0 Å². The summed E-state index contributed by atoms with van der Waals surface area (Å²) in [7, 11) is 1.60. The number of carbonyl (C=O) groups is 1. The highest BCUT2D eigenvalue weighted by Crippen LogP contribution is 2.74. The molecule has 17 heavy (non-hydrogen) atoms. The first-order chi connectivity index (χ1) is 8.01. The lowest BCUT2D eigenvalue weighted by atomic mass is 9.33. The van der Waals surface area contributed by atoms with Crippen LogP contribution in [0.25, 0.3) is 0 Å². The number of carboxylic acids is 1. The lowest BCUT2D eigenvalue weighted by molar-refractivity contribution is -0.194. The molecule has 4 rings (SSSR count). The van der Waals surface area contributed by atoms with Crippen LogP contribution in [0.3, 0.4) is 0 Å². The third-order valence-corrected chi connectivity index (χ3v) is 4.54. The zero-order valence-electron chi connectivity index (χ0n) is 9.50. The standard InChI is InChI=1S/C13H13ClO3/c1-17-8-2-3-9(10(14)4-8)12-5-13(6-12,7-12)11(15)16/h2-4H,5-7H2,1H3,(H,15,16). The van der Waals surface area contributed by atoms with Crippen LogP contribution < -0.4 is 4.74 Å². The Labute approximate surface area is 104 Å². The first kappa shape index (κ1) is 10.9. The molecule has 0 amide bonds. The Bertz CT molecular complexity index is 490. The summed E-state index contributed by atoms with van der Waals surface area (Å²) >= 11 is 6.23. The summed E-state index contributed by atoms with van der Waals surface area (Å²) in [5.41, 5.74) is 0.633. The van der Waals surface area contributed by atoms with Gasteiger partial charge in [-0.05, 0) is 37.0 Å². The molecule has 0 atom stereocenters. The van der Waals surface area contributed by atoms with E-state index in [-0.39, 0.29) is 5.41 Å². The average molecular weight is 253 g/mol. The summed E-state index contributed by atoms with van der Waals surface area (Å²) in [5, 5.41) is 9.77. The normalized spacial score (nSPS) is 33.5. The lowest BCUT2D eigenvalue weighted by Crippen LogP contribution is -2.67. The fourth-order valence-corrected chi connectivity index (χ4v) is 3.72. The van der Waals surface area contributed by atoms with Gasteiger partial charge in [-0.3, -0.25) is 4.79 Å². The van der Waals surface area contributed by atoms with Crippen LogP contribution in [0, 0.1) is 5.41 Å². The number of carboxylic acid groups (broad SMARTS) is 1. The van der Waals surface area contributed by atoms with Crippen molar-refractivity contribution in [3.8, 4) is 5.75 Å². The molecule has 1 aromatic carbocycles. The smallest absolute Gasteiger partial charge is 0.309 e. The molecular formula is C13H13ClO3. The van der Waals surface area contributed by atoms with Gasteiger partial charge in [-0.2, -0.15) is 0 Å². The van der Waals surface area contributed by atoms with E-state index in [2.05, 4.69) is 0 Å². The molecule has 4 heteroatoms. The van der Waals surface area contributed by atoms with Crippen molar-refractivity contribution in [3.05, 3.63) is 28.8 Å². The highest BCUT2D eigenvalue weighted by Gasteiger charge is 2.72. The van der Waals surface area contributed by atoms with Gasteiger partial charge in [0, 0.05) is 10.4 Å². The molecule has 0 aliphatic heterocycles. The molecule has 1 aromatic rings. The first-order valence-electron chi connectivity index (χ1n) is 5.59. The van der Waals surface area contributed by atoms with Crippen LogP contribution in [0.4, 0.5) is 0 Å². The van der Waals surface area contributed by atoms with Gasteiger partial charge in [0.2, 0.25) is 0 Å². The van der Waals surface area contributed by atoms with Crippen molar-refractivity contribution in [3.63, 3.8) is 0 Å². The summed E-state index contributed by atoms with van der Waals surface area (Å²) in [6.45, 7) is 0. The topological polar surface area (TPSA) is 46.5 Å². The van der Waals surface area contributed by atoms with Crippen LogP contribution in [0.5, 0.6) is 5.75 Å². The van der Waals surface area contributed by atoms with Gasteiger partial charge < -0.3 is 9.84 Å². The van der Waals surface area contributed by atoms with Crippen LogP contribution >= 0.6 is 11.6 Å². The van der Waals surface area contributed by atoms with Crippen molar-refractivity contribution in [2.45, 2.75) is 24.7 Å². The van der Waals surface area contributed by atoms with Crippen molar-refractivity contribution >= 4 is 17.6 Å². The second kappa shape index (κ2) is 3.16. The second-order valence-corrected chi connectivity index (χ2v) is 5.65. The Hall–Kier alpha value is -1.22. The van der Waals surface area contributed by atoms with Crippen LogP contribution in [0.15, 0.2) is 18.2 Å². The molecule has 0 spiro atoms. The number of rotatable bonds is 3. The van der Waals surface area contributed by atoms with Crippen LogP contribution in [0.1, 0.15) is 24.8 Å². The van der Waals surface area contributed by atoms with Crippen LogP contribution in [-0.4, -0.2) is 18.2 Å². The molecule has 0 aromatic heterocycles. The number of hydrogen-bond donors (Lipinski definition) is 1. The Morgan fingerprint density at radius 3 is 2.53 bits per heavy atom. The molecule has 0 unspecified atom stereocenters. The highest BCUT2D eigenvalue weighted by atomic mass is 35.5. The summed E-state index contributed by atoms with van der Waals surface area (Å²) in [6, 6.07) is 5.64. The van der Waals surface area contributed by atoms with E-state index in [1.165, 1.54) is 0 Å². The number of halogens is 1. The maximum atomic E-state index is 11.0. The zero-order valence-corrected chi connectivity index (χ0v) is 10.3. The van der Waals surface area contributed by atoms with E-state index < -0.39 is 11.4 Å². The van der Waals surface area contributed by atoms with E-state index in [0.29, 0.717) is 5.02 Å². The molecule has 3 nitrogen and oxygen atoms in total. The summed E-state index contributed by atoms with van der Waals surface area (Å²) in [4.78, 5) is 11.0. The summed E-state index contributed by atoms with van der Waals surface area (Å²) in [6.07, 6.45) is 2.17. The molecule has 3 saturated carbocycles. The van der Waals surface area contributed by atoms with Gasteiger partial charge in [-0.1, -0.05) is 17.7 Å². The lowest BCUT2D eigenvalue weighted by Gasteiger charge is -2.68. The number of methoxy groups -OCH3 is 1. The number of aliphatic carboxylic acids is 1. The largest absolute Gasteiger partial charge is 0.497 e.